The minimum absolute atomic E-state index is 0.206. The summed E-state index contributed by atoms with van der Waals surface area (Å²) in [6.45, 7) is 2.86. The maximum absolute atomic E-state index is 13.2. The van der Waals surface area contributed by atoms with Crippen molar-refractivity contribution in [2.24, 2.45) is 0 Å². The van der Waals surface area contributed by atoms with Gasteiger partial charge in [-0.1, -0.05) is 271 Å². The van der Waals surface area contributed by atoms with E-state index in [-0.39, 0.29) is 12.5 Å². The Hall–Kier alpha value is -1.01. The smallest absolute Gasteiger partial charge is 0.220 e. The molecule has 0 aliphatic carbocycles. The molecule has 0 saturated carbocycles. The number of nitrogens with one attached hydrogen (secondary N) is 1. The first-order valence-corrected chi connectivity index (χ1v) is 31.8. The Kier molecular flexibility index (Phi) is 44.6. The van der Waals surface area contributed by atoms with Crippen LogP contribution in [0.2, 0.25) is 0 Å². The minimum atomic E-state index is -1.78. The van der Waals surface area contributed by atoms with Crippen LogP contribution in [0.3, 0.4) is 0 Å². The van der Waals surface area contributed by atoms with Gasteiger partial charge < -0.3 is 65.1 Å². The first-order valence-electron chi connectivity index (χ1n) is 31.8. The van der Waals surface area contributed by atoms with Crippen molar-refractivity contribution in [3.63, 3.8) is 0 Å². The number of carbonyl (C=O) groups is 1. The molecule has 0 radical (unpaired) electrons. The van der Waals surface area contributed by atoms with E-state index in [4.69, 9.17) is 18.9 Å². The molecule has 0 aromatic heterocycles. The minimum Gasteiger partial charge on any atom is -0.394 e. The van der Waals surface area contributed by atoms with E-state index in [1.807, 2.05) is 0 Å². The molecule has 0 bridgehead atoms. The van der Waals surface area contributed by atoms with Crippen molar-refractivity contribution < 1.29 is 64.6 Å². The summed E-state index contributed by atoms with van der Waals surface area (Å²) >= 11 is 0. The summed E-state index contributed by atoms with van der Waals surface area (Å²) < 4.78 is 22.8. The molecule has 2 aliphatic heterocycles. The van der Waals surface area contributed by atoms with Crippen LogP contribution in [0, 0.1) is 0 Å². The van der Waals surface area contributed by atoms with Gasteiger partial charge in [0.05, 0.1) is 32.0 Å². The quantitative estimate of drug-likeness (QED) is 0.0259. The van der Waals surface area contributed by atoms with Crippen molar-refractivity contribution in [2.45, 2.75) is 364 Å². The number of ether oxygens (including phenoxy) is 4. The Labute approximate surface area is 457 Å². The molecule has 446 valence electrons. The molecule has 0 aromatic carbocycles. The molecule has 2 aliphatic rings. The Morgan fingerprint density at radius 3 is 1.13 bits per heavy atom. The molecule has 0 spiro atoms. The van der Waals surface area contributed by atoms with Crippen LogP contribution in [0.25, 0.3) is 0 Å². The van der Waals surface area contributed by atoms with Gasteiger partial charge in [-0.3, -0.25) is 4.79 Å². The van der Waals surface area contributed by atoms with Gasteiger partial charge in [-0.2, -0.15) is 0 Å². The van der Waals surface area contributed by atoms with Crippen LogP contribution in [0.15, 0.2) is 0 Å². The zero-order chi connectivity index (χ0) is 54.6. The summed E-state index contributed by atoms with van der Waals surface area (Å²) in [5.74, 6) is -0.206. The molecule has 2 rings (SSSR count). The summed E-state index contributed by atoms with van der Waals surface area (Å²) in [6, 6.07) is -0.821. The topological polar surface area (TPSA) is 228 Å². The second-order valence-electron chi connectivity index (χ2n) is 22.9. The predicted octanol–water partition coefficient (Wildman–Crippen LogP) is 11.3. The van der Waals surface area contributed by atoms with Gasteiger partial charge in [-0.05, 0) is 12.8 Å². The maximum atomic E-state index is 13.2. The second kappa shape index (κ2) is 47.8. The molecule has 2 heterocycles. The van der Waals surface area contributed by atoms with Crippen molar-refractivity contribution in [3.8, 4) is 0 Å². The highest BCUT2D eigenvalue weighted by molar-refractivity contribution is 5.76. The Morgan fingerprint density at radius 1 is 0.427 bits per heavy atom. The Morgan fingerprint density at radius 2 is 0.760 bits per heavy atom. The molecule has 2 saturated heterocycles. The van der Waals surface area contributed by atoms with Gasteiger partial charge in [0.25, 0.3) is 0 Å². The van der Waals surface area contributed by atoms with E-state index in [1.165, 1.54) is 212 Å². The second-order valence-corrected chi connectivity index (χ2v) is 22.9. The summed E-state index contributed by atoms with van der Waals surface area (Å²) in [7, 11) is 0. The van der Waals surface area contributed by atoms with Gasteiger partial charge >= 0.3 is 0 Å². The number of unbranched alkanes of at least 4 members (excludes halogenated alkanes) is 39. The van der Waals surface area contributed by atoms with Gasteiger partial charge in [0.15, 0.2) is 12.6 Å². The number of aliphatic hydroxyl groups excluding tert-OH is 8. The summed E-state index contributed by atoms with van der Waals surface area (Å²) in [5, 5.41) is 87.1. The third kappa shape index (κ3) is 33.4. The molecule has 14 nitrogen and oxygen atoms in total. The first kappa shape index (κ1) is 70.1. The molecule has 9 N–H and O–H groups in total. The van der Waals surface area contributed by atoms with Crippen LogP contribution < -0.4 is 5.32 Å². The Balaban J connectivity index is 1.59. The molecular formula is C61H119NO13. The van der Waals surface area contributed by atoms with Crippen LogP contribution in [0.4, 0.5) is 0 Å². The number of carbonyl (C=O) groups excluding carboxylic acids is 1. The zero-order valence-electron chi connectivity index (χ0n) is 48.1. The normalized spacial score (nSPS) is 24.9. The van der Waals surface area contributed by atoms with Crippen molar-refractivity contribution >= 4 is 5.91 Å². The highest BCUT2D eigenvalue weighted by atomic mass is 16.7. The summed E-state index contributed by atoms with van der Waals surface area (Å²) in [6.07, 6.45) is 37.3. The molecule has 12 atom stereocenters. The van der Waals surface area contributed by atoms with Crippen LogP contribution in [-0.2, 0) is 23.7 Å². The monoisotopic (exact) mass is 1070 g/mol. The van der Waals surface area contributed by atoms with E-state index in [1.54, 1.807) is 0 Å². The number of rotatable bonds is 52. The number of amides is 1. The fourth-order valence-electron chi connectivity index (χ4n) is 10.9. The lowest BCUT2D eigenvalue weighted by Gasteiger charge is -2.46. The standard InChI is InChI=1S/C61H119NO13/c1-3-5-7-9-11-13-14-15-16-17-18-19-20-21-22-23-24-25-26-27-28-29-30-31-32-33-34-35-37-38-40-42-44-50(65)49(62-53(66)45-43-41-39-36-12-10-8-6-4-2)48-72-60-58(71)56(69)59(52(47-64)74-60)75-61-57(70)55(68)54(67)51(46-63)73-61/h49-52,54-61,63-65,67-71H,3-48H2,1-2H3,(H,62,66). The van der Waals surface area contributed by atoms with E-state index in [9.17, 15) is 45.6 Å². The summed E-state index contributed by atoms with van der Waals surface area (Å²) in [4.78, 5) is 13.2. The van der Waals surface area contributed by atoms with Gasteiger partial charge in [0.1, 0.15) is 48.8 Å². The van der Waals surface area contributed by atoms with Crippen LogP contribution >= 0.6 is 0 Å². The van der Waals surface area contributed by atoms with Gasteiger partial charge in [-0.25, -0.2) is 0 Å². The SMILES string of the molecule is CCCCCCCCCCCCCCCCCCCCCCCCCCCCCCCCCCC(O)C(COC1OC(CO)C(OC2OC(CO)C(O)C(O)C2O)C(O)C1O)NC(=O)CCCCCCCCCCC. The number of hydrogen-bond donors (Lipinski definition) is 9. The average Bonchev–Trinajstić information content (AvgIpc) is 3.41. The van der Waals surface area contributed by atoms with Crippen molar-refractivity contribution in [1.29, 1.82) is 0 Å². The third-order valence-corrected chi connectivity index (χ3v) is 16.1. The van der Waals surface area contributed by atoms with Crippen molar-refractivity contribution in [3.05, 3.63) is 0 Å². The largest absolute Gasteiger partial charge is 0.394 e. The van der Waals surface area contributed by atoms with E-state index in [0.717, 1.165) is 51.4 Å². The highest BCUT2D eigenvalue weighted by Crippen LogP contribution is 2.30. The van der Waals surface area contributed by atoms with Gasteiger partial charge in [-0.15, -0.1) is 0 Å². The third-order valence-electron chi connectivity index (χ3n) is 16.1. The van der Waals surface area contributed by atoms with Crippen LogP contribution in [0.1, 0.15) is 290 Å². The van der Waals surface area contributed by atoms with Crippen molar-refractivity contribution in [2.75, 3.05) is 19.8 Å². The van der Waals surface area contributed by atoms with E-state index < -0.39 is 86.8 Å². The number of hydrogen-bond acceptors (Lipinski definition) is 13. The Bertz CT molecular complexity index is 1270. The fraction of sp³-hybridized carbons (Fsp3) is 0.984. The van der Waals surface area contributed by atoms with E-state index in [2.05, 4.69) is 19.2 Å². The molecular weight excluding hydrogens is 955 g/mol. The van der Waals surface area contributed by atoms with E-state index >= 15 is 0 Å². The van der Waals surface area contributed by atoms with Gasteiger partial charge in [0, 0.05) is 6.42 Å². The number of aliphatic hydroxyl groups is 8. The van der Waals surface area contributed by atoms with Crippen LogP contribution in [0.5, 0.6) is 0 Å². The van der Waals surface area contributed by atoms with E-state index in [0.29, 0.717) is 12.8 Å². The zero-order valence-corrected chi connectivity index (χ0v) is 48.1. The average molecular weight is 1070 g/mol. The molecule has 75 heavy (non-hydrogen) atoms. The maximum Gasteiger partial charge on any atom is 0.220 e. The lowest BCUT2D eigenvalue weighted by Crippen LogP contribution is -2.65. The fourth-order valence-corrected chi connectivity index (χ4v) is 10.9. The lowest BCUT2D eigenvalue weighted by molar-refractivity contribution is -0.359. The van der Waals surface area contributed by atoms with Gasteiger partial charge in [0.2, 0.25) is 5.91 Å². The lowest BCUT2D eigenvalue weighted by atomic mass is 9.97. The molecule has 0 aromatic rings. The van der Waals surface area contributed by atoms with Crippen molar-refractivity contribution in [1.82, 2.24) is 5.32 Å². The van der Waals surface area contributed by atoms with Crippen LogP contribution in [-0.4, -0.2) is 140 Å². The summed E-state index contributed by atoms with van der Waals surface area (Å²) in [5.41, 5.74) is 0. The predicted molar refractivity (Wildman–Crippen MR) is 300 cm³/mol. The molecule has 12 unspecified atom stereocenters. The highest BCUT2D eigenvalue weighted by Gasteiger charge is 2.51. The molecule has 1 amide bonds. The molecule has 2 fully saturated rings. The first-order chi connectivity index (χ1) is 36.6. The molecule has 14 heteroatoms.